The van der Waals surface area contributed by atoms with Gasteiger partial charge in [-0.3, -0.25) is 0 Å². The van der Waals surface area contributed by atoms with Gasteiger partial charge in [-0.1, -0.05) is 18.2 Å². The van der Waals surface area contributed by atoms with Gasteiger partial charge in [-0.05, 0) is 26.0 Å². The molecule has 0 saturated heterocycles. The number of hydrogen-bond donors (Lipinski definition) is 1. The maximum Gasteiger partial charge on any atom is 0.243 e. The van der Waals surface area contributed by atoms with Crippen molar-refractivity contribution < 1.29 is 4.42 Å². The number of nitrogens with zero attached hydrogens (tertiary/aromatic N) is 4. The molecule has 0 radical (unpaired) electrons. The summed E-state index contributed by atoms with van der Waals surface area (Å²) in [6.45, 7) is 4.83. The number of anilines is 1. The third-order valence-electron chi connectivity index (χ3n) is 3.93. The van der Waals surface area contributed by atoms with Crippen molar-refractivity contribution in [3.63, 3.8) is 0 Å². The topological polar surface area (TPSA) is 76.7 Å². The highest BCUT2D eigenvalue weighted by molar-refractivity contribution is 7.11. The third kappa shape index (κ3) is 3.36. The summed E-state index contributed by atoms with van der Waals surface area (Å²) in [6, 6.07) is 9.83. The Morgan fingerprint density at radius 2 is 2.04 bits per heavy atom. The Morgan fingerprint density at radius 3 is 2.84 bits per heavy atom. The van der Waals surface area contributed by atoms with Gasteiger partial charge in [0.1, 0.15) is 11.3 Å². The summed E-state index contributed by atoms with van der Waals surface area (Å²) in [6.07, 6.45) is 2.44. The Hall–Kier alpha value is -2.80. The predicted molar refractivity (Wildman–Crippen MR) is 98.8 cm³/mol. The Morgan fingerprint density at radius 1 is 1.16 bits per heavy atom. The lowest BCUT2D eigenvalue weighted by atomic mass is 10.2. The lowest BCUT2D eigenvalue weighted by Gasteiger charge is -2.03. The molecular formula is C18H17N5OS. The van der Waals surface area contributed by atoms with Crippen LogP contribution in [0.4, 0.5) is 5.95 Å². The molecule has 0 aliphatic carbocycles. The predicted octanol–water partition coefficient (Wildman–Crippen LogP) is 4.01. The van der Waals surface area contributed by atoms with Gasteiger partial charge in [-0.2, -0.15) is 5.10 Å². The maximum atomic E-state index is 5.83. The first kappa shape index (κ1) is 15.7. The fourth-order valence-electron chi connectivity index (χ4n) is 2.53. The SMILES string of the molecule is Cc1nc(CCNc2nncc(-c3cc4ccccc4o3)n2)sc1C. The standard InChI is InChI=1S/C18H17N5OS/c1-11-12(2)25-17(21-11)7-8-19-18-22-14(10-20-23-18)16-9-13-5-3-4-6-15(13)24-16/h3-6,9-10H,7-8H2,1-2H3,(H,19,22,23). The molecule has 0 atom stereocenters. The monoisotopic (exact) mass is 351 g/mol. The van der Waals surface area contributed by atoms with Crippen LogP contribution in [0.25, 0.3) is 22.4 Å². The molecule has 0 aliphatic rings. The second kappa shape index (κ2) is 6.60. The van der Waals surface area contributed by atoms with E-state index in [-0.39, 0.29) is 0 Å². The van der Waals surface area contributed by atoms with E-state index >= 15 is 0 Å². The molecule has 1 N–H and O–H groups in total. The summed E-state index contributed by atoms with van der Waals surface area (Å²) < 4.78 is 5.83. The molecular weight excluding hydrogens is 334 g/mol. The van der Waals surface area contributed by atoms with Crippen molar-refractivity contribution >= 4 is 28.3 Å². The zero-order valence-corrected chi connectivity index (χ0v) is 14.8. The number of aromatic nitrogens is 4. The first-order valence-corrected chi connectivity index (χ1v) is 8.86. The smallest absolute Gasteiger partial charge is 0.243 e. The largest absolute Gasteiger partial charge is 0.454 e. The normalized spacial score (nSPS) is 11.1. The van der Waals surface area contributed by atoms with Gasteiger partial charge < -0.3 is 9.73 Å². The number of nitrogens with one attached hydrogen (secondary N) is 1. The molecule has 6 nitrogen and oxygen atoms in total. The highest BCUT2D eigenvalue weighted by atomic mass is 32.1. The number of hydrogen-bond acceptors (Lipinski definition) is 7. The van der Waals surface area contributed by atoms with Crippen LogP contribution in [0.5, 0.6) is 0 Å². The van der Waals surface area contributed by atoms with E-state index in [0.717, 1.165) is 28.1 Å². The van der Waals surface area contributed by atoms with Crippen molar-refractivity contribution in [2.45, 2.75) is 20.3 Å². The molecule has 4 aromatic rings. The Kier molecular flexibility index (Phi) is 4.15. The van der Waals surface area contributed by atoms with Gasteiger partial charge in [0, 0.05) is 23.2 Å². The van der Waals surface area contributed by atoms with Crippen LogP contribution in [-0.4, -0.2) is 26.7 Å². The Balaban J connectivity index is 1.47. The fraction of sp³-hybridized carbons (Fsp3) is 0.222. The van der Waals surface area contributed by atoms with Crippen molar-refractivity contribution in [2.75, 3.05) is 11.9 Å². The van der Waals surface area contributed by atoms with Crippen LogP contribution in [0.15, 0.2) is 40.9 Å². The fourth-order valence-corrected chi connectivity index (χ4v) is 3.47. The van der Waals surface area contributed by atoms with Gasteiger partial charge in [0.05, 0.1) is 16.9 Å². The zero-order chi connectivity index (χ0) is 17.2. The molecule has 4 rings (SSSR count). The van der Waals surface area contributed by atoms with Crippen LogP contribution in [0.2, 0.25) is 0 Å². The molecule has 0 fully saturated rings. The molecule has 0 saturated carbocycles. The second-order valence-corrected chi connectivity index (χ2v) is 7.03. The second-order valence-electron chi connectivity index (χ2n) is 5.74. The summed E-state index contributed by atoms with van der Waals surface area (Å²) >= 11 is 1.73. The molecule has 126 valence electrons. The molecule has 0 amide bonds. The van der Waals surface area contributed by atoms with E-state index in [9.17, 15) is 0 Å². The quantitative estimate of drug-likeness (QED) is 0.585. The summed E-state index contributed by atoms with van der Waals surface area (Å²) in [7, 11) is 0. The third-order valence-corrected chi connectivity index (χ3v) is 5.06. The number of para-hydroxylation sites is 1. The maximum absolute atomic E-state index is 5.83. The Labute approximate surface area is 149 Å². The summed E-state index contributed by atoms with van der Waals surface area (Å²) in [5, 5.41) is 13.4. The molecule has 0 bridgehead atoms. The number of rotatable bonds is 5. The van der Waals surface area contributed by atoms with Crippen LogP contribution >= 0.6 is 11.3 Å². The number of aryl methyl sites for hydroxylation is 2. The molecule has 0 unspecified atom stereocenters. The van der Waals surface area contributed by atoms with Gasteiger partial charge >= 0.3 is 0 Å². The number of furan rings is 1. The van der Waals surface area contributed by atoms with Crippen LogP contribution in [0.3, 0.4) is 0 Å². The van der Waals surface area contributed by atoms with Crippen molar-refractivity contribution in [2.24, 2.45) is 0 Å². The molecule has 0 spiro atoms. The minimum absolute atomic E-state index is 0.489. The minimum Gasteiger partial charge on any atom is -0.454 e. The molecule has 0 aliphatic heterocycles. The average molecular weight is 351 g/mol. The van der Waals surface area contributed by atoms with Crippen LogP contribution in [0.1, 0.15) is 15.6 Å². The van der Waals surface area contributed by atoms with Crippen molar-refractivity contribution in [3.8, 4) is 11.5 Å². The van der Waals surface area contributed by atoms with E-state index in [1.54, 1.807) is 17.5 Å². The summed E-state index contributed by atoms with van der Waals surface area (Å²) in [5.74, 6) is 1.17. The van der Waals surface area contributed by atoms with Crippen molar-refractivity contribution in [3.05, 3.63) is 52.1 Å². The van der Waals surface area contributed by atoms with E-state index in [0.29, 0.717) is 23.9 Å². The first-order chi connectivity index (χ1) is 12.2. The highest BCUT2D eigenvalue weighted by Gasteiger charge is 2.09. The van der Waals surface area contributed by atoms with Gasteiger partial charge in [0.15, 0.2) is 5.76 Å². The van der Waals surface area contributed by atoms with Gasteiger partial charge in [-0.25, -0.2) is 9.97 Å². The lowest BCUT2D eigenvalue weighted by Crippen LogP contribution is -2.09. The average Bonchev–Trinajstić information content (AvgIpc) is 3.19. The lowest BCUT2D eigenvalue weighted by molar-refractivity contribution is 0.627. The zero-order valence-electron chi connectivity index (χ0n) is 14.0. The van der Waals surface area contributed by atoms with Gasteiger partial charge in [0.2, 0.25) is 5.95 Å². The van der Waals surface area contributed by atoms with Crippen LogP contribution in [-0.2, 0) is 6.42 Å². The van der Waals surface area contributed by atoms with Crippen LogP contribution in [0, 0.1) is 13.8 Å². The van der Waals surface area contributed by atoms with E-state index in [1.807, 2.05) is 37.3 Å². The van der Waals surface area contributed by atoms with E-state index in [4.69, 9.17) is 4.42 Å². The van der Waals surface area contributed by atoms with Crippen LogP contribution < -0.4 is 5.32 Å². The summed E-state index contributed by atoms with van der Waals surface area (Å²) in [5.41, 5.74) is 2.60. The highest BCUT2D eigenvalue weighted by Crippen LogP contribution is 2.26. The number of thiazole rings is 1. The van der Waals surface area contributed by atoms with Crippen molar-refractivity contribution in [1.29, 1.82) is 0 Å². The molecule has 25 heavy (non-hydrogen) atoms. The van der Waals surface area contributed by atoms with E-state index < -0.39 is 0 Å². The van der Waals surface area contributed by atoms with Gasteiger partial charge in [0.25, 0.3) is 0 Å². The molecule has 7 heteroatoms. The number of fused-ring (bicyclic) bond motifs is 1. The molecule has 3 heterocycles. The molecule has 1 aromatic carbocycles. The minimum atomic E-state index is 0.489. The first-order valence-electron chi connectivity index (χ1n) is 8.04. The number of benzene rings is 1. The molecule has 3 aromatic heterocycles. The van der Waals surface area contributed by atoms with Gasteiger partial charge in [-0.15, -0.1) is 16.4 Å². The van der Waals surface area contributed by atoms with E-state index in [2.05, 4.69) is 32.4 Å². The van der Waals surface area contributed by atoms with Crippen molar-refractivity contribution in [1.82, 2.24) is 20.2 Å². The summed E-state index contributed by atoms with van der Waals surface area (Å²) in [4.78, 5) is 10.3. The van der Waals surface area contributed by atoms with E-state index in [1.165, 1.54) is 4.88 Å². The Bertz CT molecular complexity index is 971.